The first-order valence-electron chi connectivity index (χ1n) is 25.1. The molecule has 0 saturated carbocycles. The molecule has 8 rings (SSSR count). The van der Waals surface area contributed by atoms with Gasteiger partial charge in [0, 0.05) is 41.6 Å². The Kier molecular flexibility index (Phi) is 16.6. The van der Waals surface area contributed by atoms with Crippen molar-refractivity contribution in [2.75, 3.05) is 39.5 Å². The minimum atomic E-state index is -2.01. The van der Waals surface area contributed by atoms with Crippen LogP contribution < -0.4 is 42.8 Å². The lowest BCUT2D eigenvalue weighted by molar-refractivity contribution is -0.172. The number of pyridine rings is 2. The van der Waals surface area contributed by atoms with Crippen molar-refractivity contribution in [2.24, 2.45) is 0 Å². The van der Waals surface area contributed by atoms with Crippen molar-refractivity contribution in [3.05, 3.63) is 109 Å². The Bertz CT molecular complexity index is 3250. The van der Waals surface area contributed by atoms with E-state index in [1.54, 1.807) is 47.9 Å². The van der Waals surface area contributed by atoms with Gasteiger partial charge in [0.05, 0.1) is 61.2 Å². The van der Waals surface area contributed by atoms with Gasteiger partial charge in [-0.3, -0.25) is 52.8 Å². The summed E-state index contributed by atoms with van der Waals surface area (Å²) in [5, 5.41) is 38.9. The van der Waals surface area contributed by atoms with Crippen molar-refractivity contribution < 1.29 is 67.6 Å². The number of carbonyl (C=O) groups excluding carboxylic acids is 9. The van der Waals surface area contributed by atoms with E-state index in [0.717, 1.165) is 45.4 Å². The summed E-state index contributed by atoms with van der Waals surface area (Å²) < 4.78 is 12.5. The van der Waals surface area contributed by atoms with Crippen molar-refractivity contribution >= 4 is 70.1 Å². The third-order valence-electron chi connectivity index (χ3n) is 14.3. The first-order chi connectivity index (χ1) is 37.2. The van der Waals surface area contributed by atoms with Gasteiger partial charge in [0.15, 0.2) is 5.60 Å². The first kappa shape index (κ1) is 55.5. The molecular formula is C53H58N10O15. The van der Waals surface area contributed by atoms with Gasteiger partial charge in [-0.25, -0.2) is 9.78 Å². The van der Waals surface area contributed by atoms with E-state index >= 15 is 0 Å². The number of aliphatic hydroxyl groups is 1. The SMILES string of the molecule is CC[C@@]1(O)C(=O)OCc2c1cc1n(c2=O)Cc2c-1nc1cc(C)c(C)c3c1c2[C@H](NC(=O)[C@H](C)OCNC(=O)CNC(=O)[C@H](Cc1ccccc1)NC(=O)CNC(=O)CNC(=O)C(CNCC(=O)O)N1C(=O)C=CC1=O)CC3. The summed E-state index contributed by atoms with van der Waals surface area (Å²) in [6.07, 6.45) is 1.87. The molecule has 4 aliphatic rings. The zero-order chi connectivity index (χ0) is 56.2. The predicted molar refractivity (Wildman–Crippen MR) is 273 cm³/mol. The largest absolute Gasteiger partial charge is 0.480 e. The van der Waals surface area contributed by atoms with E-state index in [-0.39, 0.29) is 37.1 Å². The fourth-order valence-corrected chi connectivity index (χ4v) is 10.0. The smallest absolute Gasteiger partial charge is 0.343 e. The number of cyclic esters (lactones) is 1. The van der Waals surface area contributed by atoms with Crippen LogP contribution in [0.1, 0.15) is 77.2 Å². The molecule has 78 heavy (non-hydrogen) atoms. The lowest BCUT2D eigenvalue weighted by Gasteiger charge is -2.31. The normalized spacial score (nSPS) is 17.9. The molecule has 0 spiro atoms. The molecule has 25 heteroatoms. The van der Waals surface area contributed by atoms with Gasteiger partial charge in [0.25, 0.3) is 17.4 Å². The van der Waals surface area contributed by atoms with Gasteiger partial charge in [-0.2, -0.15) is 0 Å². The molecule has 9 N–H and O–H groups in total. The van der Waals surface area contributed by atoms with E-state index in [4.69, 9.17) is 19.6 Å². The van der Waals surface area contributed by atoms with Crippen LogP contribution in [0.5, 0.6) is 0 Å². The van der Waals surface area contributed by atoms with Gasteiger partial charge in [0.1, 0.15) is 31.5 Å². The summed E-state index contributed by atoms with van der Waals surface area (Å²) >= 11 is 0. The number of fused-ring (bicyclic) bond motifs is 5. The molecule has 0 radical (unpaired) electrons. The van der Waals surface area contributed by atoms with Gasteiger partial charge in [-0.1, -0.05) is 37.3 Å². The summed E-state index contributed by atoms with van der Waals surface area (Å²) in [6, 6.07) is 8.94. The van der Waals surface area contributed by atoms with Crippen molar-refractivity contribution in [1.82, 2.24) is 51.7 Å². The highest BCUT2D eigenvalue weighted by molar-refractivity contribution is 6.15. The number of aromatic nitrogens is 2. The van der Waals surface area contributed by atoms with Crippen LogP contribution >= 0.6 is 0 Å². The van der Waals surface area contributed by atoms with Crippen molar-refractivity contribution in [3.63, 3.8) is 0 Å². The number of carboxylic acids is 1. The molecule has 1 unspecified atom stereocenters. The third-order valence-corrected chi connectivity index (χ3v) is 14.3. The highest BCUT2D eigenvalue weighted by Crippen LogP contribution is 2.46. The fourth-order valence-electron chi connectivity index (χ4n) is 10.0. The van der Waals surface area contributed by atoms with Gasteiger partial charge in [-0.15, -0.1) is 0 Å². The second-order valence-electron chi connectivity index (χ2n) is 19.2. The molecule has 1 aliphatic carbocycles. The first-order valence-corrected chi connectivity index (χ1v) is 25.1. The highest BCUT2D eigenvalue weighted by atomic mass is 16.6. The van der Waals surface area contributed by atoms with E-state index in [2.05, 4.69) is 37.2 Å². The maximum Gasteiger partial charge on any atom is 0.343 e. The molecule has 2 aromatic heterocycles. The summed E-state index contributed by atoms with van der Waals surface area (Å²) in [7, 11) is 0. The topological polar surface area (TPSA) is 352 Å². The maximum absolute atomic E-state index is 14.1. The lowest BCUT2D eigenvalue weighted by atomic mass is 9.80. The number of ether oxygens (including phenoxy) is 2. The Morgan fingerprint density at radius 2 is 1.53 bits per heavy atom. The zero-order valence-corrected chi connectivity index (χ0v) is 43.0. The molecule has 3 aliphatic heterocycles. The van der Waals surface area contributed by atoms with Crippen LogP contribution in [0, 0.1) is 13.8 Å². The average molecular weight is 1080 g/mol. The monoisotopic (exact) mass is 1070 g/mol. The van der Waals surface area contributed by atoms with Gasteiger partial charge in [0.2, 0.25) is 35.4 Å². The number of carbonyl (C=O) groups is 10. The number of benzene rings is 2. The Labute approximate surface area is 444 Å². The maximum atomic E-state index is 14.1. The molecule has 0 saturated heterocycles. The summed E-state index contributed by atoms with van der Waals surface area (Å²) in [5.74, 6) is -8.31. The molecule has 5 atom stereocenters. The number of hydrogen-bond acceptors (Lipinski definition) is 16. The van der Waals surface area contributed by atoms with Gasteiger partial charge in [-0.05, 0) is 80.0 Å². The molecular weight excluding hydrogens is 1020 g/mol. The molecule has 5 heterocycles. The second-order valence-corrected chi connectivity index (χ2v) is 19.2. The summed E-state index contributed by atoms with van der Waals surface area (Å²) in [6.45, 7) is 3.64. The van der Waals surface area contributed by atoms with Crippen LogP contribution in [0.2, 0.25) is 0 Å². The van der Waals surface area contributed by atoms with E-state index < -0.39 is 134 Å². The number of esters is 1. The van der Waals surface area contributed by atoms with Crippen molar-refractivity contribution in [3.8, 4) is 11.4 Å². The van der Waals surface area contributed by atoms with Crippen LogP contribution in [0.3, 0.4) is 0 Å². The van der Waals surface area contributed by atoms with E-state index in [0.29, 0.717) is 40.2 Å². The van der Waals surface area contributed by atoms with E-state index in [1.165, 1.54) is 6.92 Å². The number of imide groups is 1. The number of amides is 8. The van der Waals surface area contributed by atoms with Crippen LogP contribution in [0.15, 0.2) is 59.4 Å². The minimum absolute atomic E-state index is 0.0148. The molecule has 0 bridgehead atoms. The Morgan fingerprint density at radius 1 is 0.846 bits per heavy atom. The third kappa shape index (κ3) is 11.5. The van der Waals surface area contributed by atoms with E-state index in [1.807, 2.05) is 19.9 Å². The molecule has 8 amide bonds. The second kappa shape index (κ2) is 23.3. The van der Waals surface area contributed by atoms with Crippen LogP contribution in [0.25, 0.3) is 22.3 Å². The lowest BCUT2D eigenvalue weighted by Crippen LogP contribution is -2.56. The molecule has 2 aromatic carbocycles. The Hall–Kier alpha value is -8.68. The zero-order valence-electron chi connectivity index (χ0n) is 43.0. The number of carboxylic acid groups (broad SMARTS) is 1. The number of hydrogen-bond donors (Lipinski definition) is 9. The Morgan fingerprint density at radius 3 is 2.22 bits per heavy atom. The van der Waals surface area contributed by atoms with Crippen molar-refractivity contribution in [2.45, 2.75) is 96.4 Å². The number of nitrogens with one attached hydrogen (secondary N) is 7. The van der Waals surface area contributed by atoms with Crippen LogP contribution in [0.4, 0.5) is 0 Å². The number of rotatable bonds is 22. The van der Waals surface area contributed by atoms with E-state index in [9.17, 15) is 57.8 Å². The quantitative estimate of drug-likeness (QED) is 0.0212. The Balaban J connectivity index is 0.848. The van der Waals surface area contributed by atoms with Crippen LogP contribution in [-0.4, -0.2) is 142 Å². The van der Waals surface area contributed by atoms with Crippen LogP contribution in [-0.2, 0) is 89.0 Å². The van der Waals surface area contributed by atoms with Gasteiger partial charge < -0.3 is 61.5 Å². The predicted octanol–water partition coefficient (Wildman–Crippen LogP) is -1.68. The standard InChI is InChI=1S/C53H58N10O15/c1-5-53(76)33-17-37-47-31(23-62(37)51(74)32(33)24-77-52(53)75)46-34(12-11-30-27(3)26(2)15-35(60-47)45(30)46)61-48(71)28(4)78-25-58-40(65)20-56-49(72)36(16-29-9-7-6-8-10-29)59-41(66)21-55-39(64)19-57-50(73)38(18-54-22-44(69)70)63-42(67)13-14-43(63)68/h6-10,13-15,17,28,34,36,38,54,76H,5,11-12,16,18-25H2,1-4H3,(H,55,64)(H,56,72)(H,57,73)(H,58,65)(H,59,66)(H,61,71)(H,69,70)/t28-,34+,36-,38?,53-/m0/s1. The number of nitrogens with zero attached hydrogens (tertiary/aromatic N) is 3. The fraction of sp³-hybridized carbons (Fsp3) is 0.396. The number of aliphatic carboxylic acids is 1. The molecule has 25 nitrogen and oxygen atoms in total. The summed E-state index contributed by atoms with van der Waals surface area (Å²) in [4.78, 5) is 147. The minimum Gasteiger partial charge on any atom is -0.480 e. The highest BCUT2D eigenvalue weighted by Gasteiger charge is 2.46. The molecule has 410 valence electrons. The molecule has 4 aromatic rings. The number of aryl methyl sites for hydroxylation is 2. The van der Waals surface area contributed by atoms with Crippen molar-refractivity contribution in [1.29, 1.82) is 0 Å². The van der Waals surface area contributed by atoms with Gasteiger partial charge >= 0.3 is 11.9 Å². The molecule has 0 fully saturated rings. The average Bonchev–Trinajstić information content (AvgIpc) is 4.15. The summed E-state index contributed by atoms with van der Waals surface area (Å²) in [5.41, 5.74) is 4.88.